The lowest BCUT2D eigenvalue weighted by Gasteiger charge is -2.42. The van der Waals surface area contributed by atoms with Crippen molar-refractivity contribution in [3.63, 3.8) is 0 Å². The van der Waals surface area contributed by atoms with E-state index in [1.807, 2.05) is 24.3 Å². The number of hydrogen-bond donors (Lipinski definition) is 1. The van der Waals surface area contributed by atoms with Crippen LogP contribution in [0.1, 0.15) is 53.1 Å². The van der Waals surface area contributed by atoms with Crippen molar-refractivity contribution in [2.45, 2.75) is 70.3 Å². The fourth-order valence-corrected chi connectivity index (χ4v) is 9.25. The maximum Gasteiger partial charge on any atom is 0.336 e. The van der Waals surface area contributed by atoms with Crippen LogP contribution < -0.4 is 10.2 Å². The van der Waals surface area contributed by atoms with Crippen LogP contribution in [0.25, 0.3) is 0 Å². The average Bonchev–Trinajstić information content (AvgIpc) is 2.59. The second-order valence-electron chi connectivity index (χ2n) is 7.69. The monoisotopic (exact) mass is 381 g/mol. The molecule has 0 aliphatic rings. The normalized spacial score (nSPS) is 14.6. The maximum absolute atomic E-state index is 11.8. The molecule has 2 atom stereocenters. The SMILES string of the molecule is COC(=O)[C@H](OC)[C@@H](N)c1ccc(O[Si](C(C)C)(C(C)C)C(C)C)cc1. The molecule has 0 bridgehead atoms. The quantitative estimate of drug-likeness (QED) is 0.506. The highest BCUT2D eigenvalue weighted by molar-refractivity contribution is 6.78. The summed E-state index contributed by atoms with van der Waals surface area (Å²) in [5.74, 6) is 0.377. The number of nitrogens with two attached hydrogens (primary N) is 1. The van der Waals surface area contributed by atoms with Crippen molar-refractivity contribution in [1.82, 2.24) is 0 Å². The molecule has 0 aliphatic heterocycles. The minimum atomic E-state index is -2.00. The van der Waals surface area contributed by atoms with Crippen molar-refractivity contribution in [2.75, 3.05) is 14.2 Å². The molecule has 0 aliphatic carbocycles. The van der Waals surface area contributed by atoms with Gasteiger partial charge in [0.25, 0.3) is 8.32 Å². The maximum atomic E-state index is 11.8. The number of ether oxygens (including phenoxy) is 2. The third-order valence-corrected chi connectivity index (χ3v) is 11.3. The van der Waals surface area contributed by atoms with Crippen LogP contribution in [0.4, 0.5) is 0 Å². The molecule has 0 aromatic heterocycles. The Balaban J connectivity index is 3.07. The third-order valence-electron chi connectivity index (χ3n) is 5.28. The second-order valence-corrected chi connectivity index (χ2v) is 13.1. The minimum Gasteiger partial charge on any atom is -0.543 e. The third kappa shape index (κ3) is 4.67. The molecule has 0 amide bonds. The average molecular weight is 382 g/mol. The van der Waals surface area contributed by atoms with Crippen LogP contribution >= 0.6 is 0 Å². The van der Waals surface area contributed by atoms with Gasteiger partial charge in [0, 0.05) is 7.11 Å². The van der Waals surface area contributed by atoms with E-state index in [9.17, 15) is 4.79 Å². The molecular formula is C20H35NO4Si. The highest BCUT2D eigenvalue weighted by atomic mass is 28.4. The van der Waals surface area contributed by atoms with E-state index in [2.05, 4.69) is 41.5 Å². The molecule has 0 heterocycles. The van der Waals surface area contributed by atoms with Gasteiger partial charge in [-0.1, -0.05) is 53.7 Å². The van der Waals surface area contributed by atoms with E-state index in [4.69, 9.17) is 19.6 Å². The Morgan fingerprint density at radius 1 is 0.923 bits per heavy atom. The number of carbonyl (C=O) groups excluding carboxylic acids is 1. The van der Waals surface area contributed by atoms with E-state index in [0.717, 1.165) is 11.3 Å². The highest BCUT2D eigenvalue weighted by Crippen LogP contribution is 2.42. The van der Waals surface area contributed by atoms with Crippen LogP contribution in [0, 0.1) is 0 Å². The summed E-state index contributed by atoms with van der Waals surface area (Å²) in [5, 5.41) is 0. The van der Waals surface area contributed by atoms with Gasteiger partial charge in [-0.05, 0) is 34.3 Å². The molecule has 148 valence electrons. The summed E-state index contributed by atoms with van der Waals surface area (Å²) in [6.45, 7) is 13.6. The summed E-state index contributed by atoms with van der Waals surface area (Å²) in [5.41, 5.74) is 8.50. The molecule has 0 saturated heterocycles. The van der Waals surface area contributed by atoms with Crippen molar-refractivity contribution in [3.8, 4) is 5.75 Å². The van der Waals surface area contributed by atoms with Crippen molar-refractivity contribution in [2.24, 2.45) is 5.73 Å². The van der Waals surface area contributed by atoms with E-state index < -0.39 is 26.4 Å². The van der Waals surface area contributed by atoms with Crippen LogP contribution in [0.3, 0.4) is 0 Å². The van der Waals surface area contributed by atoms with E-state index in [1.165, 1.54) is 14.2 Å². The Morgan fingerprint density at radius 3 is 1.73 bits per heavy atom. The summed E-state index contributed by atoms with van der Waals surface area (Å²) in [6.07, 6.45) is -0.831. The van der Waals surface area contributed by atoms with Crippen LogP contribution in [0.15, 0.2) is 24.3 Å². The first-order valence-corrected chi connectivity index (χ1v) is 11.4. The van der Waals surface area contributed by atoms with Crippen LogP contribution in [-0.2, 0) is 14.3 Å². The van der Waals surface area contributed by atoms with Gasteiger partial charge in [0.05, 0.1) is 13.2 Å². The van der Waals surface area contributed by atoms with Gasteiger partial charge in [-0.25, -0.2) is 4.79 Å². The zero-order valence-electron chi connectivity index (χ0n) is 17.4. The topological polar surface area (TPSA) is 70.8 Å². The predicted octanol–water partition coefficient (Wildman–Crippen LogP) is 4.43. The van der Waals surface area contributed by atoms with Crippen molar-refractivity contribution >= 4 is 14.3 Å². The van der Waals surface area contributed by atoms with Gasteiger partial charge in [-0.2, -0.15) is 0 Å². The summed E-state index contributed by atoms with van der Waals surface area (Å²) < 4.78 is 16.6. The van der Waals surface area contributed by atoms with Gasteiger partial charge in [-0.3, -0.25) is 0 Å². The van der Waals surface area contributed by atoms with Gasteiger partial charge in [0.1, 0.15) is 5.75 Å². The van der Waals surface area contributed by atoms with Gasteiger partial charge >= 0.3 is 5.97 Å². The highest BCUT2D eigenvalue weighted by Gasteiger charge is 2.47. The van der Waals surface area contributed by atoms with E-state index in [1.54, 1.807) is 0 Å². The summed E-state index contributed by atoms with van der Waals surface area (Å²) in [6, 6.07) is 7.08. The summed E-state index contributed by atoms with van der Waals surface area (Å²) >= 11 is 0. The van der Waals surface area contributed by atoms with Crippen molar-refractivity contribution in [3.05, 3.63) is 29.8 Å². The first-order valence-electron chi connectivity index (χ1n) is 9.26. The molecular weight excluding hydrogens is 346 g/mol. The Kier molecular flexibility index (Phi) is 8.31. The molecule has 1 rings (SSSR count). The Hall–Kier alpha value is -1.37. The molecule has 0 radical (unpaired) electrons. The molecule has 0 fully saturated rings. The molecule has 0 saturated carbocycles. The lowest BCUT2D eigenvalue weighted by Crippen LogP contribution is -2.50. The van der Waals surface area contributed by atoms with E-state index in [0.29, 0.717) is 16.6 Å². The fraction of sp³-hybridized carbons (Fsp3) is 0.650. The van der Waals surface area contributed by atoms with Crippen LogP contribution in [-0.4, -0.2) is 34.6 Å². The summed E-state index contributed by atoms with van der Waals surface area (Å²) in [7, 11) is 0.781. The van der Waals surface area contributed by atoms with E-state index in [-0.39, 0.29) is 0 Å². The Morgan fingerprint density at radius 2 is 1.38 bits per heavy atom. The lowest BCUT2D eigenvalue weighted by atomic mass is 10.0. The first-order chi connectivity index (χ1) is 12.1. The zero-order valence-corrected chi connectivity index (χ0v) is 18.4. The zero-order chi connectivity index (χ0) is 20.1. The molecule has 1 aromatic rings. The number of esters is 1. The van der Waals surface area contributed by atoms with Gasteiger partial charge in [0.2, 0.25) is 0 Å². The van der Waals surface area contributed by atoms with Crippen LogP contribution in [0.2, 0.25) is 16.6 Å². The smallest absolute Gasteiger partial charge is 0.336 e. The standard InChI is InChI=1S/C20H35NO4Si/c1-13(2)26(14(3)4,15(5)6)25-17-11-9-16(10-12-17)18(21)19(23-7)20(22)24-8/h9-15,18-19H,21H2,1-8H3/t18-,19+/m0/s1. The molecule has 26 heavy (non-hydrogen) atoms. The number of hydrogen-bond acceptors (Lipinski definition) is 5. The number of methoxy groups -OCH3 is 2. The summed E-state index contributed by atoms with van der Waals surface area (Å²) in [4.78, 5) is 11.8. The second kappa shape index (κ2) is 9.53. The first kappa shape index (κ1) is 22.7. The van der Waals surface area contributed by atoms with E-state index >= 15 is 0 Å². The van der Waals surface area contributed by atoms with Crippen molar-refractivity contribution in [1.29, 1.82) is 0 Å². The van der Waals surface area contributed by atoms with Crippen molar-refractivity contribution < 1.29 is 18.7 Å². The predicted molar refractivity (Wildman–Crippen MR) is 108 cm³/mol. The minimum absolute atomic E-state index is 0.480. The van der Waals surface area contributed by atoms with Gasteiger partial charge in [-0.15, -0.1) is 0 Å². The number of carbonyl (C=O) groups is 1. The molecule has 0 unspecified atom stereocenters. The lowest BCUT2D eigenvalue weighted by molar-refractivity contribution is -0.153. The number of benzene rings is 1. The molecule has 2 N–H and O–H groups in total. The number of rotatable bonds is 9. The largest absolute Gasteiger partial charge is 0.543 e. The van der Waals surface area contributed by atoms with Crippen LogP contribution in [0.5, 0.6) is 5.75 Å². The van der Waals surface area contributed by atoms with Gasteiger partial charge < -0.3 is 19.6 Å². The molecule has 0 spiro atoms. The Labute approximate surface area is 159 Å². The van der Waals surface area contributed by atoms with Gasteiger partial charge in [0.15, 0.2) is 6.10 Å². The fourth-order valence-electron chi connectivity index (χ4n) is 4.00. The Bertz CT molecular complexity index is 550. The molecule has 6 heteroatoms. The molecule has 5 nitrogen and oxygen atoms in total. The molecule has 1 aromatic carbocycles.